The maximum atomic E-state index is 11.4. The third-order valence-electron chi connectivity index (χ3n) is 2.78. The zero-order chi connectivity index (χ0) is 14.4. The molecule has 1 amide bonds. The minimum absolute atomic E-state index is 0.0201. The Morgan fingerprint density at radius 2 is 2.40 bits per heavy atom. The second-order valence-corrected chi connectivity index (χ2v) is 5.08. The van der Waals surface area contributed by atoms with Gasteiger partial charge in [-0.25, -0.2) is 9.97 Å². The largest absolute Gasteiger partial charge is 0.311 e. The lowest BCUT2D eigenvalue weighted by molar-refractivity contribution is -0.116. The summed E-state index contributed by atoms with van der Waals surface area (Å²) in [6, 6.07) is 0. The topological polar surface area (TPSA) is 86.8 Å². The van der Waals surface area contributed by atoms with Crippen LogP contribution in [0.15, 0.2) is 11.7 Å². The van der Waals surface area contributed by atoms with E-state index in [-0.39, 0.29) is 5.91 Å². The predicted octanol–water partition coefficient (Wildman–Crippen LogP) is 0.966. The van der Waals surface area contributed by atoms with Crippen LogP contribution in [0.1, 0.15) is 25.4 Å². The zero-order valence-electron chi connectivity index (χ0n) is 11.6. The number of hydrogen-bond donors (Lipinski definition) is 2. The standard InChI is InChI=1S/C12H18N6OS/c1-3-18(9(2)19)12-16-10(7-20-12)6-13-5-4-11-14-8-15-17-11/h7-8,13H,3-6H2,1-2H3,(H,14,15,17). The quantitative estimate of drug-likeness (QED) is 0.743. The average molecular weight is 294 g/mol. The molecule has 0 saturated heterocycles. The van der Waals surface area contributed by atoms with Crippen LogP contribution in [0.2, 0.25) is 0 Å². The van der Waals surface area contributed by atoms with Crippen molar-refractivity contribution in [2.24, 2.45) is 0 Å². The highest BCUT2D eigenvalue weighted by atomic mass is 32.1. The Bertz CT molecular complexity index is 538. The van der Waals surface area contributed by atoms with Gasteiger partial charge in [0, 0.05) is 38.4 Å². The molecule has 7 nitrogen and oxygen atoms in total. The number of hydrogen-bond acceptors (Lipinski definition) is 6. The van der Waals surface area contributed by atoms with Gasteiger partial charge in [0.05, 0.1) is 5.69 Å². The van der Waals surface area contributed by atoms with Crippen LogP contribution in [0, 0.1) is 0 Å². The Labute approximate surface area is 121 Å². The molecule has 8 heteroatoms. The zero-order valence-corrected chi connectivity index (χ0v) is 12.4. The van der Waals surface area contributed by atoms with Gasteiger partial charge in [-0.15, -0.1) is 11.3 Å². The molecule has 2 aromatic heterocycles. The summed E-state index contributed by atoms with van der Waals surface area (Å²) in [5.41, 5.74) is 0.947. The molecule has 2 rings (SSSR count). The molecular formula is C12H18N6OS. The molecule has 0 bridgehead atoms. The number of carbonyl (C=O) groups excluding carboxylic acids is 1. The first-order valence-corrected chi connectivity index (χ1v) is 7.36. The molecule has 0 unspecified atom stereocenters. The lowest BCUT2D eigenvalue weighted by Crippen LogP contribution is -2.27. The van der Waals surface area contributed by atoms with E-state index in [4.69, 9.17) is 0 Å². The molecule has 108 valence electrons. The Hall–Kier alpha value is -1.80. The lowest BCUT2D eigenvalue weighted by Gasteiger charge is -2.14. The summed E-state index contributed by atoms with van der Waals surface area (Å²) in [6.45, 7) is 5.62. The molecule has 0 atom stereocenters. The molecule has 2 aromatic rings. The van der Waals surface area contributed by atoms with Crippen LogP contribution < -0.4 is 10.2 Å². The van der Waals surface area contributed by atoms with E-state index in [1.165, 1.54) is 17.7 Å². The van der Waals surface area contributed by atoms with Gasteiger partial charge in [0.15, 0.2) is 5.13 Å². The highest BCUT2D eigenvalue weighted by Crippen LogP contribution is 2.20. The van der Waals surface area contributed by atoms with Crippen molar-refractivity contribution in [2.75, 3.05) is 18.0 Å². The van der Waals surface area contributed by atoms with E-state index in [0.717, 1.165) is 29.6 Å². The predicted molar refractivity (Wildman–Crippen MR) is 77.6 cm³/mol. The molecule has 0 radical (unpaired) electrons. The monoisotopic (exact) mass is 294 g/mol. The van der Waals surface area contributed by atoms with E-state index in [1.54, 1.807) is 11.8 Å². The van der Waals surface area contributed by atoms with Crippen LogP contribution in [-0.2, 0) is 17.8 Å². The fourth-order valence-electron chi connectivity index (χ4n) is 1.77. The van der Waals surface area contributed by atoms with Crippen molar-refractivity contribution in [3.05, 3.63) is 23.2 Å². The summed E-state index contributed by atoms with van der Waals surface area (Å²) in [5.74, 6) is 0.886. The summed E-state index contributed by atoms with van der Waals surface area (Å²) in [4.78, 5) is 21.6. The summed E-state index contributed by atoms with van der Waals surface area (Å²) >= 11 is 1.49. The number of amides is 1. The van der Waals surface area contributed by atoms with Crippen molar-refractivity contribution in [1.82, 2.24) is 25.5 Å². The highest BCUT2D eigenvalue weighted by molar-refractivity contribution is 7.14. The normalized spacial score (nSPS) is 10.7. The molecule has 20 heavy (non-hydrogen) atoms. The van der Waals surface area contributed by atoms with E-state index in [0.29, 0.717) is 13.1 Å². The first-order valence-electron chi connectivity index (χ1n) is 6.48. The molecule has 2 heterocycles. The lowest BCUT2D eigenvalue weighted by atomic mass is 10.4. The number of nitrogens with one attached hydrogen (secondary N) is 2. The summed E-state index contributed by atoms with van der Waals surface area (Å²) in [5, 5.41) is 12.6. The summed E-state index contributed by atoms with van der Waals surface area (Å²) < 4.78 is 0. The van der Waals surface area contributed by atoms with Crippen LogP contribution in [0.25, 0.3) is 0 Å². The van der Waals surface area contributed by atoms with Gasteiger partial charge in [0.1, 0.15) is 12.2 Å². The van der Waals surface area contributed by atoms with Crippen molar-refractivity contribution in [2.45, 2.75) is 26.8 Å². The first kappa shape index (κ1) is 14.6. The van der Waals surface area contributed by atoms with Gasteiger partial charge in [0.2, 0.25) is 5.91 Å². The third kappa shape index (κ3) is 3.84. The molecule has 0 spiro atoms. The number of thiazole rings is 1. The Morgan fingerprint density at radius 3 is 3.05 bits per heavy atom. The molecular weight excluding hydrogens is 276 g/mol. The van der Waals surface area contributed by atoms with Crippen LogP contribution in [-0.4, -0.2) is 39.2 Å². The number of H-pyrrole nitrogens is 1. The van der Waals surface area contributed by atoms with Crippen molar-refractivity contribution >= 4 is 22.4 Å². The van der Waals surface area contributed by atoms with Crippen molar-refractivity contribution in [1.29, 1.82) is 0 Å². The Balaban J connectivity index is 1.79. The van der Waals surface area contributed by atoms with Gasteiger partial charge in [-0.1, -0.05) is 0 Å². The summed E-state index contributed by atoms with van der Waals surface area (Å²) in [7, 11) is 0. The van der Waals surface area contributed by atoms with E-state index in [2.05, 4.69) is 25.5 Å². The van der Waals surface area contributed by atoms with Crippen LogP contribution in [0.5, 0.6) is 0 Å². The van der Waals surface area contributed by atoms with Crippen LogP contribution in [0.3, 0.4) is 0 Å². The van der Waals surface area contributed by atoms with Gasteiger partial charge >= 0.3 is 0 Å². The smallest absolute Gasteiger partial charge is 0.225 e. The van der Waals surface area contributed by atoms with Gasteiger partial charge in [-0.2, -0.15) is 5.10 Å². The fourth-order valence-corrected chi connectivity index (χ4v) is 2.70. The first-order chi connectivity index (χ1) is 9.70. The minimum atomic E-state index is 0.0201. The minimum Gasteiger partial charge on any atom is -0.311 e. The van der Waals surface area contributed by atoms with Crippen LogP contribution >= 0.6 is 11.3 Å². The van der Waals surface area contributed by atoms with Gasteiger partial charge in [-0.05, 0) is 6.92 Å². The maximum Gasteiger partial charge on any atom is 0.225 e. The molecule has 0 aliphatic rings. The number of aromatic nitrogens is 4. The second kappa shape index (κ2) is 7.11. The van der Waals surface area contributed by atoms with E-state index >= 15 is 0 Å². The van der Waals surface area contributed by atoms with Gasteiger partial charge in [-0.3, -0.25) is 14.8 Å². The van der Waals surface area contributed by atoms with Crippen molar-refractivity contribution < 1.29 is 4.79 Å². The number of aromatic amines is 1. The van der Waals surface area contributed by atoms with Crippen LogP contribution in [0.4, 0.5) is 5.13 Å². The summed E-state index contributed by atoms with van der Waals surface area (Å²) in [6.07, 6.45) is 2.30. The van der Waals surface area contributed by atoms with Gasteiger partial charge < -0.3 is 5.32 Å². The Morgan fingerprint density at radius 1 is 1.55 bits per heavy atom. The fraction of sp³-hybridized carbons (Fsp3) is 0.500. The highest BCUT2D eigenvalue weighted by Gasteiger charge is 2.12. The molecule has 0 saturated carbocycles. The molecule has 0 aliphatic heterocycles. The number of anilines is 1. The SMILES string of the molecule is CCN(C(C)=O)c1nc(CNCCc2ncn[nH]2)cs1. The third-order valence-corrected chi connectivity index (χ3v) is 3.69. The molecule has 0 aromatic carbocycles. The number of nitrogens with zero attached hydrogens (tertiary/aromatic N) is 4. The number of carbonyl (C=O) groups is 1. The molecule has 0 fully saturated rings. The van der Waals surface area contributed by atoms with Crippen molar-refractivity contribution in [3.63, 3.8) is 0 Å². The molecule has 0 aliphatic carbocycles. The van der Waals surface area contributed by atoms with Gasteiger partial charge in [0.25, 0.3) is 0 Å². The van der Waals surface area contributed by atoms with E-state index < -0.39 is 0 Å². The average Bonchev–Trinajstić information content (AvgIpc) is 3.06. The molecule has 2 N–H and O–H groups in total. The van der Waals surface area contributed by atoms with E-state index in [1.807, 2.05) is 12.3 Å². The Kier molecular flexibility index (Phi) is 5.19. The van der Waals surface area contributed by atoms with E-state index in [9.17, 15) is 4.79 Å². The maximum absolute atomic E-state index is 11.4. The second-order valence-electron chi connectivity index (χ2n) is 4.24. The van der Waals surface area contributed by atoms with Crippen molar-refractivity contribution in [3.8, 4) is 0 Å². The number of rotatable bonds is 7.